The third-order valence-corrected chi connectivity index (χ3v) is 3.71. The van der Waals surface area contributed by atoms with Crippen LogP contribution in [0.1, 0.15) is 35.6 Å². The fraction of sp³-hybridized carbons (Fsp3) is 0.375. The molecule has 118 valence electrons. The smallest absolute Gasteiger partial charge is 0.271 e. The van der Waals surface area contributed by atoms with E-state index in [0.29, 0.717) is 36.1 Å². The van der Waals surface area contributed by atoms with E-state index in [9.17, 15) is 4.79 Å². The molecule has 0 bridgehead atoms. The molecule has 0 saturated heterocycles. The SMILES string of the molecule is CCOc1ccc(CNC(=O)c2c(Cl)c(C)nn2CC)cc1. The van der Waals surface area contributed by atoms with Crippen molar-refractivity contribution in [1.29, 1.82) is 0 Å². The predicted molar refractivity (Wildman–Crippen MR) is 86.4 cm³/mol. The van der Waals surface area contributed by atoms with E-state index in [2.05, 4.69) is 10.4 Å². The van der Waals surface area contributed by atoms with E-state index in [4.69, 9.17) is 16.3 Å². The molecule has 1 N–H and O–H groups in total. The van der Waals surface area contributed by atoms with E-state index < -0.39 is 0 Å². The van der Waals surface area contributed by atoms with Crippen molar-refractivity contribution < 1.29 is 9.53 Å². The molecular formula is C16H20ClN3O2. The topological polar surface area (TPSA) is 56.1 Å². The minimum Gasteiger partial charge on any atom is -0.494 e. The van der Waals surface area contributed by atoms with Crippen LogP contribution < -0.4 is 10.1 Å². The van der Waals surface area contributed by atoms with Crippen LogP contribution in [0.2, 0.25) is 5.02 Å². The normalized spacial score (nSPS) is 10.5. The second-order valence-corrected chi connectivity index (χ2v) is 5.20. The summed E-state index contributed by atoms with van der Waals surface area (Å²) in [6.07, 6.45) is 0. The number of carbonyl (C=O) groups excluding carboxylic acids is 1. The lowest BCUT2D eigenvalue weighted by molar-refractivity contribution is 0.0940. The van der Waals surface area contributed by atoms with Crippen LogP contribution in [0.4, 0.5) is 0 Å². The molecule has 0 aliphatic carbocycles. The Morgan fingerprint density at radius 2 is 2.00 bits per heavy atom. The van der Waals surface area contributed by atoms with Crippen LogP contribution in [-0.4, -0.2) is 22.3 Å². The fourth-order valence-electron chi connectivity index (χ4n) is 2.14. The average Bonchev–Trinajstić information content (AvgIpc) is 2.81. The van der Waals surface area contributed by atoms with Gasteiger partial charge in [-0.05, 0) is 38.5 Å². The first-order chi connectivity index (χ1) is 10.6. The Morgan fingerprint density at radius 1 is 1.32 bits per heavy atom. The molecule has 2 aromatic rings. The Morgan fingerprint density at radius 3 is 2.59 bits per heavy atom. The van der Waals surface area contributed by atoms with Gasteiger partial charge in [0.2, 0.25) is 0 Å². The summed E-state index contributed by atoms with van der Waals surface area (Å²) in [5, 5.41) is 7.52. The molecule has 1 aromatic heterocycles. The highest BCUT2D eigenvalue weighted by Crippen LogP contribution is 2.20. The van der Waals surface area contributed by atoms with Gasteiger partial charge < -0.3 is 10.1 Å². The maximum absolute atomic E-state index is 12.3. The predicted octanol–water partition coefficient (Wildman–Crippen LogP) is 3.19. The second-order valence-electron chi connectivity index (χ2n) is 4.82. The van der Waals surface area contributed by atoms with Crippen molar-refractivity contribution in [3.63, 3.8) is 0 Å². The van der Waals surface area contributed by atoms with Gasteiger partial charge in [0.25, 0.3) is 5.91 Å². The zero-order chi connectivity index (χ0) is 16.1. The third kappa shape index (κ3) is 3.60. The van der Waals surface area contributed by atoms with Gasteiger partial charge in [-0.2, -0.15) is 5.10 Å². The van der Waals surface area contributed by atoms with E-state index in [1.54, 1.807) is 11.6 Å². The number of rotatable bonds is 6. The van der Waals surface area contributed by atoms with Gasteiger partial charge >= 0.3 is 0 Å². The van der Waals surface area contributed by atoms with Crippen LogP contribution in [0.5, 0.6) is 5.75 Å². The zero-order valence-electron chi connectivity index (χ0n) is 13.0. The molecule has 0 radical (unpaired) electrons. The lowest BCUT2D eigenvalue weighted by Gasteiger charge is -2.08. The molecule has 1 amide bonds. The maximum Gasteiger partial charge on any atom is 0.271 e. The summed E-state index contributed by atoms with van der Waals surface area (Å²) in [4.78, 5) is 12.3. The minimum atomic E-state index is -0.221. The summed E-state index contributed by atoms with van der Waals surface area (Å²) in [6, 6.07) is 7.63. The van der Waals surface area contributed by atoms with Gasteiger partial charge in [-0.1, -0.05) is 23.7 Å². The lowest BCUT2D eigenvalue weighted by Crippen LogP contribution is -2.26. The first-order valence-electron chi connectivity index (χ1n) is 7.29. The Hall–Kier alpha value is -2.01. The van der Waals surface area contributed by atoms with E-state index in [-0.39, 0.29) is 5.91 Å². The molecule has 0 spiro atoms. The monoisotopic (exact) mass is 321 g/mol. The summed E-state index contributed by atoms with van der Waals surface area (Å²) >= 11 is 6.16. The summed E-state index contributed by atoms with van der Waals surface area (Å²) in [7, 11) is 0. The van der Waals surface area contributed by atoms with E-state index >= 15 is 0 Å². The van der Waals surface area contributed by atoms with Gasteiger partial charge in [0, 0.05) is 13.1 Å². The lowest BCUT2D eigenvalue weighted by atomic mass is 10.2. The number of nitrogens with one attached hydrogen (secondary N) is 1. The summed E-state index contributed by atoms with van der Waals surface area (Å²) in [5.41, 5.74) is 2.06. The summed E-state index contributed by atoms with van der Waals surface area (Å²) < 4.78 is 7.00. The van der Waals surface area contributed by atoms with Crippen molar-refractivity contribution >= 4 is 17.5 Å². The first kappa shape index (κ1) is 16.4. The fourth-order valence-corrected chi connectivity index (χ4v) is 2.36. The molecule has 0 aliphatic rings. The Labute approximate surface area is 135 Å². The molecule has 1 heterocycles. The number of benzene rings is 1. The summed E-state index contributed by atoms with van der Waals surface area (Å²) in [6.45, 7) is 7.31. The molecular weight excluding hydrogens is 302 g/mol. The Balaban J connectivity index is 2.04. The highest BCUT2D eigenvalue weighted by Gasteiger charge is 2.19. The van der Waals surface area contributed by atoms with Crippen LogP contribution in [0.3, 0.4) is 0 Å². The molecule has 22 heavy (non-hydrogen) atoms. The van der Waals surface area contributed by atoms with Gasteiger partial charge in [-0.25, -0.2) is 0 Å². The van der Waals surface area contributed by atoms with Crippen LogP contribution in [-0.2, 0) is 13.1 Å². The number of carbonyl (C=O) groups is 1. The molecule has 0 unspecified atom stereocenters. The van der Waals surface area contributed by atoms with Crippen molar-refractivity contribution in [2.75, 3.05) is 6.61 Å². The number of halogens is 1. The van der Waals surface area contributed by atoms with Crippen LogP contribution >= 0.6 is 11.6 Å². The van der Waals surface area contributed by atoms with Crippen LogP contribution in [0.15, 0.2) is 24.3 Å². The molecule has 5 nitrogen and oxygen atoms in total. The van der Waals surface area contributed by atoms with E-state index in [0.717, 1.165) is 11.3 Å². The van der Waals surface area contributed by atoms with Crippen molar-refractivity contribution in [1.82, 2.24) is 15.1 Å². The molecule has 0 atom stereocenters. The number of hydrogen-bond acceptors (Lipinski definition) is 3. The number of amides is 1. The molecule has 2 rings (SSSR count). The van der Waals surface area contributed by atoms with Crippen LogP contribution in [0, 0.1) is 6.92 Å². The average molecular weight is 322 g/mol. The number of ether oxygens (including phenoxy) is 1. The van der Waals surface area contributed by atoms with Crippen molar-refractivity contribution in [2.45, 2.75) is 33.9 Å². The highest BCUT2D eigenvalue weighted by molar-refractivity contribution is 6.34. The molecule has 1 aromatic carbocycles. The van der Waals surface area contributed by atoms with E-state index in [1.165, 1.54) is 0 Å². The highest BCUT2D eigenvalue weighted by atomic mass is 35.5. The molecule has 0 aliphatic heterocycles. The molecule has 6 heteroatoms. The standard InChI is InChI=1S/C16H20ClN3O2/c1-4-20-15(14(17)11(3)19-20)16(21)18-10-12-6-8-13(9-7-12)22-5-2/h6-9H,4-5,10H2,1-3H3,(H,18,21). The van der Waals surface area contributed by atoms with Gasteiger partial charge in [-0.3, -0.25) is 9.48 Å². The van der Waals surface area contributed by atoms with Crippen molar-refractivity contribution in [3.8, 4) is 5.75 Å². The number of nitrogens with zero attached hydrogens (tertiary/aromatic N) is 2. The van der Waals surface area contributed by atoms with Gasteiger partial charge in [0.1, 0.15) is 11.4 Å². The quantitative estimate of drug-likeness (QED) is 0.889. The Bertz CT molecular complexity index is 650. The second kappa shape index (κ2) is 7.31. The first-order valence-corrected chi connectivity index (χ1v) is 7.67. The Kier molecular flexibility index (Phi) is 5.44. The van der Waals surface area contributed by atoms with Gasteiger partial charge in [0.05, 0.1) is 17.3 Å². The van der Waals surface area contributed by atoms with Crippen molar-refractivity contribution in [3.05, 3.63) is 46.2 Å². The molecule has 0 fully saturated rings. The number of aromatic nitrogens is 2. The molecule has 0 saturated carbocycles. The minimum absolute atomic E-state index is 0.221. The van der Waals surface area contributed by atoms with Crippen molar-refractivity contribution in [2.24, 2.45) is 0 Å². The van der Waals surface area contributed by atoms with Gasteiger partial charge in [-0.15, -0.1) is 0 Å². The maximum atomic E-state index is 12.3. The largest absolute Gasteiger partial charge is 0.494 e. The third-order valence-electron chi connectivity index (χ3n) is 3.26. The number of aryl methyl sites for hydroxylation is 2. The van der Waals surface area contributed by atoms with Gasteiger partial charge in [0.15, 0.2) is 0 Å². The van der Waals surface area contributed by atoms with Crippen LogP contribution in [0.25, 0.3) is 0 Å². The zero-order valence-corrected chi connectivity index (χ0v) is 13.8. The number of hydrogen-bond donors (Lipinski definition) is 1. The van der Waals surface area contributed by atoms with E-state index in [1.807, 2.05) is 38.1 Å². The summed E-state index contributed by atoms with van der Waals surface area (Å²) in [5.74, 6) is 0.599.